The molecule has 0 atom stereocenters. The van der Waals surface area contributed by atoms with Gasteiger partial charge in [0.05, 0.1) is 5.69 Å². The highest BCUT2D eigenvalue weighted by Crippen LogP contribution is 2.20. The average molecular weight is 370 g/mol. The van der Waals surface area contributed by atoms with Crippen LogP contribution in [0.1, 0.15) is 23.2 Å². The van der Waals surface area contributed by atoms with Crippen molar-refractivity contribution < 1.29 is 4.79 Å². The van der Waals surface area contributed by atoms with Gasteiger partial charge < -0.3 is 5.73 Å². The number of primary amides is 1. The van der Waals surface area contributed by atoms with E-state index in [1.807, 2.05) is 0 Å². The van der Waals surface area contributed by atoms with E-state index in [1.54, 1.807) is 35.4 Å². The summed E-state index contributed by atoms with van der Waals surface area (Å²) in [6, 6.07) is 15.6. The summed E-state index contributed by atoms with van der Waals surface area (Å²) in [6.45, 7) is 0. The van der Waals surface area contributed by atoms with Crippen molar-refractivity contribution in [2.24, 2.45) is 5.73 Å². The monoisotopic (exact) mass is 369 g/mol. The standard InChI is InChI=1S/C9H6BrN3O.C9H10/c10-8-3-1-2-7(13-8)4-6(5-11)9(12)14;1-2-5-9-7-3-6-8(9)4-1/h1-4H,(H2,12,14);1-2,4-5H,3,6-7H2/b6-4+;. The van der Waals surface area contributed by atoms with Gasteiger partial charge in [0.1, 0.15) is 16.2 Å². The van der Waals surface area contributed by atoms with Gasteiger partial charge in [-0.15, -0.1) is 0 Å². The number of amides is 1. The summed E-state index contributed by atoms with van der Waals surface area (Å²) < 4.78 is 0.632. The number of nitrogens with zero attached hydrogens (tertiary/aromatic N) is 2. The van der Waals surface area contributed by atoms with Gasteiger partial charge in [-0.05, 0) is 64.5 Å². The van der Waals surface area contributed by atoms with Crippen molar-refractivity contribution >= 4 is 27.9 Å². The van der Waals surface area contributed by atoms with Crippen molar-refractivity contribution in [2.75, 3.05) is 0 Å². The summed E-state index contributed by atoms with van der Waals surface area (Å²) in [7, 11) is 0. The number of rotatable bonds is 2. The molecule has 1 heterocycles. The highest BCUT2D eigenvalue weighted by molar-refractivity contribution is 9.10. The van der Waals surface area contributed by atoms with Crippen LogP contribution in [0, 0.1) is 11.3 Å². The molecule has 2 aromatic rings. The van der Waals surface area contributed by atoms with Crippen LogP contribution in [0.3, 0.4) is 0 Å². The van der Waals surface area contributed by atoms with Gasteiger partial charge in [0.25, 0.3) is 5.91 Å². The van der Waals surface area contributed by atoms with Gasteiger partial charge in [-0.1, -0.05) is 30.3 Å². The number of nitrogens with two attached hydrogens (primary N) is 1. The maximum absolute atomic E-state index is 10.7. The smallest absolute Gasteiger partial charge is 0.259 e. The van der Waals surface area contributed by atoms with Crippen molar-refractivity contribution in [3.8, 4) is 6.07 Å². The van der Waals surface area contributed by atoms with Crippen LogP contribution < -0.4 is 5.73 Å². The minimum absolute atomic E-state index is 0.115. The van der Waals surface area contributed by atoms with Crippen LogP contribution in [-0.4, -0.2) is 10.9 Å². The Balaban J connectivity index is 0.000000182. The molecule has 5 heteroatoms. The zero-order valence-electron chi connectivity index (χ0n) is 12.5. The van der Waals surface area contributed by atoms with Crippen LogP contribution in [0.4, 0.5) is 0 Å². The van der Waals surface area contributed by atoms with E-state index in [9.17, 15) is 4.79 Å². The minimum atomic E-state index is -0.755. The maximum atomic E-state index is 10.7. The third-order valence-corrected chi connectivity index (χ3v) is 3.87. The Hall–Kier alpha value is -2.45. The van der Waals surface area contributed by atoms with E-state index in [2.05, 4.69) is 45.2 Å². The van der Waals surface area contributed by atoms with Crippen molar-refractivity contribution in [1.82, 2.24) is 4.98 Å². The SMILES string of the molecule is N#C/C(=C\c1cccc(Br)n1)C(N)=O.c1ccc2c(c1)CCC2. The van der Waals surface area contributed by atoms with Crippen LogP contribution in [-0.2, 0) is 17.6 Å². The van der Waals surface area contributed by atoms with E-state index in [-0.39, 0.29) is 5.57 Å². The number of carbonyl (C=O) groups is 1. The van der Waals surface area contributed by atoms with E-state index in [4.69, 9.17) is 11.0 Å². The van der Waals surface area contributed by atoms with Gasteiger partial charge in [0, 0.05) is 0 Å². The molecular weight excluding hydrogens is 354 g/mol. The van der Waals surface area contributed by atoms with Crippen LogP contribution in [0.25, 0.3) is 6.08 Å². The number of hydrogen-bond acceptors (Lipinski definition) is 3. The largest absolute Gasteiger partial charge is 0.365 e. The van der Waals surface area contributed by atoms with Crippen molar-refractivity contribution in [3.05, 3.63) is 69.5 Å². The van der Waals surface area contributed by atoms with E-state index in [1.165, 1.54) is 25.3 Å². The number of aryl methyl sites for hydroxylation is 2. The topological polar surface area (TPSA) is 79.8 Å². The molecule has 116 valence electrons. The van der Waals surface area contributed by atoms with Gasteiger partial charge in [-0.25, -0.2) is 4.98 Å². The molecule has 0 saturated carbocycles. The van der Waals surface area contributed by atoms with Crippen LogP contribution in [0.2, 0.25) is 0 Å². The van der Waals surface area contributed by atoms with Crippen molar-refractivity contribution in [1.29, 1.82) is 5.26 Å². The number of fused-ring (bicyclic) bond motifs is 1. The number of pyridine rings is 1. The lowest BCUT2D eigenvalue weighted by Gasteiger charge is -1.94. The molecule has 0 aliphatic heterocycles. The molecule has 1 aromatic heterocycles. The van der Waals surface area contributed by atoms with Crippen LogP contribution in [0.5, 0.6) is 0 Å². The molecule has 0 saturated heterocycles. The normalized spacial score (nSPS) is 12.6. The van der Waals surface area contributed by atoms with E-state index >= 15 is 0 Å². The Morgan fingerprint density at radius 1 is 1.17 bits per heavy atom. The van der Waals surface area contributed by atoms with Gasteiger partial charge in [0.2, 0.25) is 0 Å². The predicted octanol–water partition coefficient (Wildman–Crippen LogP) is 3.41. The number of hydrogen-bond donors (Lipinski definition) is 1. The first-order chi connectivity index (χ1) is 11.1. The molecule has 4 nitrogen and oxygen atoms in total. The first kappa shape index (κ1) is 16.9. The highest BCUT2D eigenvalue weighted by Gasteiger charge is 2.07. The van der Waals surface area contributed by atoms with Crippen molar-refractivity contribution in [2.45, 2.75) is 19.3 Å². The van der Waals surface area contributed by atoms with Gasteiger partial charge in [-0.2, -0.15) is 5.26 Å². The highest BCUT2D eigenvalue weighted by atomic mass is 79.9. The first-order valence-corrected chi connectivity index (χ1v) is 8.00. The Labute approximate surface area is 143 Å². The number of carbonyl (C=O) groups excluding carboxylic acids is 1. The summed E-state index contributed by atoms with van der Waals surface area (Å²) in [5.74, 6) is -0.755. The zero-order chi connectivity index (χ0) is 16.7. The fourth-order valence-electron chi connectivity index (χ4n) is 2.33. The minimum Gasteiger partial charge on any atom is -0.365 e. The summed E-state index contributed by atoms with van der Waals surface area (Å²) >= 11 is 3.17. The third-order valence-electron chi connectivity index (χ3n) is 3.43. The number of aromatic nitrogens is 1. The van der Waals surface area contributed by atoms with Crippen LogP contribution >= 0.6 is 15.9 Å². The molecule has 1 aromatic carbocycles. The summed E-state index contributed by atoms with van der Waals surface area (Å²) in [5.41, 5.74) is 8.49. The van der Waals surface area contributed by atoms with Gasteiger partial charge in [0.15, 0.2) is 0 Å². The molecule has 0 bridgehead atoms. The summed E-state index contributed by atoms with van der Waals surface area (Å²) in [5, 5.41) is 8.57. The fraction of sp³-hybridized carbons (Fsp3) is 0.167. The van der Waals surface area contributed by atoms with E-state index in [0.29, 0.717) is 10.3 Å². The van der Waals surface area contributed by atoms with E-state index < -0.39 is 5.91 Å². The average Bonchev–Trinajstić information content (AvgIpc) is 3.01. The molecule has 0 unspecified atom stereocenters. The molecular formula is C18H16BrN3O. The molecule has 1 aliphatic rings. The molecule has 1 aliphatic carbocycles. The Morgan fingerprint density at radius 3 is 2.35 bits per heavy atom. The first-order valence-electron chi connectivity index (χ1n) is 7.21. The number of halogens is 1. The number of benzene rings is 1. The second-order valence-corrected chi connectivity index (χ2v) is 5.85. The quantitative estimate of drug-likeness (QED) is 0.500. The Bertz CT molecular complexity index is 755. The molecule has 0 fully saturated rings. The third kappa shape index (κ3) is 5.04. The van der Waals surface area contributed by atoms with E-state index in [0.717, 1.165) is 0 Å². The van der Waals surface area contributed by atoms with Crippen LogP contribution in [0.15, 0.2) is 52.6 Å². The van der Waals surface area contributed by atoms with Gasteiger partial charge in [-0.3, -0.25) is 4.79 Å². The molecule has 0 radical (unpaired) electrons. The Kier molecular flexibility index (Phi) is 6.07. The zero-order valence-corrected chi connectivity index (χ0v) is 14.1. The lowest BCUT2D eigenvalue weighted by molar-refractivity contribution is -0.114. The number of nitriles is 1. The summed E-state index contributed by atoms with van der Waals surface area (Å²) in [6.07, 6.45) is 5.30. The fourth-order valence-corrected chi connectivity index (χ4v) is 2.68. The second kappa shape index (κ2) is 8.25. The molecule has 0 spiro atoms. The molecule has 1 amide bonds. The second-order valence-electron chi connectivity index (χ2n) is 5.04. The molecule has 2 N–H and O–H groups in total. The molecule has 3 rings (SSSR count). The Morgan fingerprint density at radius 2 is 1.83 bits per heavy atom. The maximum Gasteiger partial charge on any atom is 0.259 e. The van der Waals surface area contributed by atoms with Gasteiger partial charge >= 0.3 is 0 Å². The summed E-state index contributed by atoms with van der Waals surface area (Å²) in [4.78, 5) is 14.7. The van der Waals surface area contributed by atoms with Crippen molar-refractivity contribution in [3.63, 3.8) is 0 Å². The lowest BCUT2D eigenvalue weighted by Crippen LogP contribution is -2.12. The lowest BCUT2D eigenvalue weighted by atomic mass is 10.1. The molecule has 23 heavy (non-hydrogen) atoms. The predicted molar refractivity (Wildman–Crippen MR) is 93.2 cm³/mol.